The van der Waals surface area contributed by atoms with Gasteiger partial charge in [0.15, 0.2) is 0 Å². The summed E-state index contributed by atoms with van der Waals surface area (Å²) in [6.07, 6.45) is 1.71. The second kappa shape index (κ2) is 10.4. The van der Waals surface area contributed by atoms with E-state index in [0.717, 1.165) is 37.1 Å². The number of likely N-dealkylation sites (tertiary alicyclic amines) is 1. The Labute approximate surface area is 186 Å². The van der Waals surface area contributed by atoms with Crippen LogP contribution in [0.15, 0.2) is 54.6 Å². The van der Waals surface area contributed by atoms with Crippen LogP contribution in [0.3, 0.4) is 0 Å². The van der Waals surface area contributed by atoms with E-state index in [9.17, 15) is 9.90 Å². The molecule has 1 N–H and O–H groups in total. The number of hydrogen-bond donors (Lipinski definition) is 1. The van der Waals surface area contributed by atoms with Gasteiger partial charge in [-0.3, -0.25) is 9.69 Å². The predicted octanol–water partition coefficient (Wildman–Crippen LogP) is 5.45. The third kappa shape index (κ3) is 6.07. The molecule has 0 bridgehead atoms. The van der Waals surface area contributed by atoms with Crippen molar-refractivity contribution in [2.75, 3.05) is 13.1 Å². The third-order valence-electron chi connectivity index (χ3n) is 5.89. The number of benzene rings is 2. The Morgan fingerprint density at radius 2 is 1.53 bits per heavy atom. The molecule has 4 nitrogen and oxygen atoms in total. The number of piperidine rings is 1. The Morgan fingerprint density at radius 1 is 1.00 bits per heavy atom. The van der Waals surface area contributed by atoms with Crippen molar-refractivity contribution >= 4 is 18.4 Å². The van der Waals surface area contributed by atoms with Gasteiger partial charge in [-0.25, -0.2) is 0 Å². The van der Waals surface area contributed by atoms with Gasteiger partial charge >= 0.3 is 5.97 Å². The van der Waals surface area contributed by atoms with E-state index in [1.54, 1.807) is 6.92 Å². The molecule has 5 heteroatoms. The summed E-state index contributed by atoms with van der Waals surface area (Å²) in [5.41, 5.74) is 3.74. The van der Waals surface area contributed by atoms with E-state index >= 15 is 0 Å². The van der Waals surface area contributed by atoms with E-state index in [2.05, 4.69) is 57.2 Å². The number of carboxylic acid groups (broad SMARTS) is 1. The highest BCUT2D eigenvalue weighted by atomic mass is 35.5. The van der Waals surface area contributed by atoms with Crippen LogP contribution < -0.4 is 0 Å². The van der Waals surface area contributed by atoms with Crippen molar-refractivity contribution in [1.82, 2.24) is 4.90 Å². The highest BCUT2D eigenvalue weighted by molar-refractivity contribution is 5.85. The van der Waals surface area contributed by atoms with Crippen LogP contribution in [0, 0.1) is 0 Å². The molecule has 2 atom stereocenters. The molecule has 0 spiro atoms. The average molecular weight is 432 g/mol. The van der Waals surface area contributed by atoms with Crippen LogP contribution in [-0.2, 0) is 14.9 Å². The van der Waals surface area contributed by atoms with E-state index in [1.165, 1.54) is 5.56 Å². The first-order valence-electron chi connectivity index (χ1n) is 10.5. The van der Waals surface area contributed by atoms with Crippen molar-refractivity contribution in [3.8, 4) is 0 Å². The number of halogens is 1. The smallest absolute Gasteiger partial charge is 0.320 e. The second-order valence-electron chi connectivity index (χ2n) is 9.05. The lowest BCUT2D eigenvalue weighted by Crippen LogP contribution is -2.45. The maximum Gasteiger partial charge on any atom is 0.320 e. The number of carboxylic acids is 1. The highest BCUT2D eigenvalue weighted by Gasteiger charge is 2.29. The number of rotatable bonds is 6. The summed E-state index contributed by atoms with van der Waals surface area (Å²) in [5.74, 6) is -0.759. The third-order valence-corrected chi connectivity index (χ3v) is 5.89. The van der Waals surface area contributed by atoms with Crippen LogP contribution in [0.1, 0.15) is 63.3 Å². The van der Waals surface area contributed by atoms with Gasteiger partial charge in [-0.1, -0.05) is 75.4 Å². The average Bonchev–Trinajstić information content (AvgIpc) is 2.72. The Balaban J connectivity index is 0.00000320. The Morgan fingerprint density at radius 3 is 2.03 bits per heavy atom. The maximum absolute atomic E-state index is 11.3. The van der Waals surface area contributed by atoms with Crippen molar-refractivity contribution in [3.05, 3.63) is 71.3 Å². The minimum atomic E-state index is -0.759. The quantitative estimate of drug-likeness (QED) is 0.660. The topological polar surface area (TPSA) is 49.8 Å². The van der Waals surface area contributed by atoms with Gasteiger partial charge in [-0.2, -0.15) is 0 Å². The Hall–Kier alpha value is -1.88. The molecule has 2 aromatic carbocycles. The Bertz CT molecular complexity index is 793. The molecule has 3 rings (SSSR count). The number of ether oxygens (including phenoxy) is 1. The lowest BCUT2D eigenvalue weighted by molar-refractivity contribution is -0.144. The second-order valence-corrected chi connectivity index (χ2v) is 9.05. The molecular formula is C25H34ClNO3. The van der Waals surface area contributed by atoms with Gasteiger partial charge in [0.2, 0.25) is 0 Å². The first-order valence-corrected chi connectivity index (χ1v) is 10.5. The van der Waals surface area contributed by atoms with Crippen molar-refractivity contribution in [2.45, 2.75) is 64.2 Å². The van der Waals surface area contributed by atoms with E-state index in [0.29, 0.717) is 0 Å². The molecule has 164 valence electrons. The zero-order valence-electron chi connectivity index (χ0n) is 18.4. The van der Waals surface area contributed by atoms with Gasteiger partial charge in [0.1, 0.15) is 12.1 Å². The summed E-state index contributed by atoms with van der Waals surface area (Å²) in [5, 5.41) is 9.25. The number of hydrogen-bond acceptors (Lipinski definition) is 3. The van der Waals surface area contributed by atoms with Crippen LogP contribution in [0.5, 0.6) is 0 Å². The fourth-order valence-electron chi connectivity index (χ4n) is 3.88. The molecule has 1 saturated heterocycles. The summed E-state index contributed by atoms with van der Waals surface area (Å²) >= 11 is 0. The van der Waals surface area contributed by atoms with Gasteiger partial charge < -0.3 is 9.84 Å². The molecule has 30 heavy (non-hydrogen) atoms. The molecule has 2 unspecified atom stereocenters. The first-order chi connectivity index (χ1) is 13.8. The molecule has 1 aliphatic heterocycles. The van der Waals surface area contributed by atoms with Gasteiger partial charge in [0, 0.05) is 13.1 Å². The maximum atomic E-state index is 11.3. The Kier molecular flexibility index (Phi) is 8.48. The van der Waals surface area contributed by atoms with Crippen molar-refractivity contribution in [2.24, 2.45) is 0 Å². The molecule has 0 saturated carbocycles. The zero-order valence-corrected chi connectivity index (χ0v) is 19.2. The van der Waals surface area contributed by atoms with E-state index in [-0.39, 0.29) is 30.0 Å². The number of carbonyl (C=O) groups is 1. The zero-order chi connectivity index (χ0) is 21.0. The van der Waals surface area contributed by atoms with Gasteiger partial charge in [0.05, 0.1) is 6.10 Å². The van der Waals surface area contributed by atoms with Crippen LogP contribution >= 0.6 is 12.4 Å². The van der Waals surface area contributed by atoms with Gasteiger partial charge in [0.25, 0.3) is 0 Å². The van der Waals surface area contributed by atoms with Crippen LogP contribution in [-0.4, -0.2) is 41.2 Å². The highest BCUT2D eigenvalue weighted by Crippen LogP contribution is 2.32. The van der Waals surface area contributed by atoms with Crippen molar-refractivity contribution in [3.63, 3.8) is 0 Å². The molecule has 1 heterocycles. The molecule has 2 aromatic rings. The first kappa shape index (κ1) is 24.4. The molecule has 1 fully saturated rings. The fourth-order valence-corrected chi connectivity index (χ4v) is 3.88. The van der Waals surface area contributed by atoms with E-state index < -0.39 is 12.0 Å². The summed E-state index contributed by atoms with van der Waals surface area (Å²) in [7, 11) is 0. The molecule has 0 aliphatic carbocycles. The summed E-state index contributed by atoms with van der Waals surface area (Å²) in [6.45, 7) is 9.93. The summed E-state index contributed by atoms with van der Waals surface area (Å²) in [6, 6.07) is 18.7. The molecule has 0 radical (unpaired) electrons. The van der Waals surface area contributed by atoms with Crippen LogP contribution in [0.25, 0.3) is 0 Å². The standard InChI is InChI=1S/C25H33NO3.ClH/c1-18(24(27)28)26-16-14-22(15-17-26)29-23(19-8-6-5-7-9-19)20-10-12-21(13-11-20)25(2,3)4;/h5-13,18,22-23H,14-17H2,1-4H3,(H,27,28);1H. The predicted molar refractivity (Wildman–Crippen MR) is 123 cm³/mol. The van der Waals surface area contributed by atoms with Crippen LogP contribution in [0.4, 0.5) is 0 Å². The van der Waals surface area contributed by atoms with Crippen LogP contribution in [0.2, 0.25) is 0 Å². The van der Waals surface area contributed by atoms with Crippen molar-refractivity contribution in [1.29, 1.82) is 0 Å². The van der Waals surface area contributed by atoms with Gasteiger partial charge in [-0.05, 0) is 41.9 Å². The monoisotopic (exact) mass is 431 g/mol. The summed E-state index contributed by atoms with van der Waals surface area (Å²) in [4.78, 5) is 13.3. The van der Waals surface area contributed by atoms with E-state index in [1.807, 2.05) is 23.1 Å². The van der Waals surface area contributed by atoms with Crippen molar-refractivity contribution < 1.29 is 14.6 Å². The minimum Gasteiger partial charge on any atom is -0.480 e. The SMILES string of the molecule is CC(C(=O)O)N1CCC(OC(c2ccccc2)c2ccc(C(C)(C)C)cc2)CC1.Cl. The number of nitrogens with zero attached hydrogens (tertiary/aromatic N) is 1. The minimum absolute atomic E-state index is 0. The largest absolute Gasteiger partial charge is 0.480 e. The van der Waals surface area contributed by atoms with E-state index in [4.69, 9.17) is 4.74 Å². The molecule has 0 amide bonds. The molecular weight excluding hydrogens is 398 g/mol. The normalized spacial score (nSPS) is 17.7. The number of aliphatic carboxylic acids is 1. The lowest BCUT2D eigenvalue weighted by Gasteiger charge is -2.36. The van der Waals surface area contributed by atoms with Gasteiger partial charge in [-0.15, -0.1) is 12.4 Å². The summed E-state index contributed by atoms with van der Waals surface area (Å²) < 4.78 is 6.60. The molecule has 1 aliphatic rings. The lowest BCUT2D eigenvalue weighted by atomic mass is 9.86. The fraction of sp³-hybridized carbons (Fsp3) is 0.480. The molecule has 0 aromatic heterocycles.